The largest absolute Gasteiger partial charge is 0.489 e. The van der Waals surface area contributed by atoms with Crippen molar-refractivity contribution >= 4 is 28.1 Å². The number of nitro benzene ring substituents is 1. The fraction of sp³-hybridized carbons (Fsp3) is 0.400. The van der Waals surface area contributed by atoms with E-state index in [4.69, 9.17) is 16.3 Å². The molecule has 0 saturated heterocycles. The summed E-state index contributed by atoms with van der Waals surface area (Å²) in [7, 11) is -1.47. The second-order valence-electron chi connectivity index (χ2n) is 3.63. The average Bonchev–Trinajstić information content (AvgIpc) is 2.19. The van der Waals surface area contributed by atoms with E-state index in [9.17, 15) is 14.3 Å². The molecule has 0 aliphatic carbocycles. The fourth-order valence-corrected chi connectivity index (χ4v) is 2.14. The number of ether oxygens (including phenoxy) is 1. The molecule has 0 bridgehead atoms. The van der Waals surface area contributed by atoms with E-state index in [1.807, 2.05) is 0 Å². The van der Waals surface area contributed by atoms with Crippen molar-refractivity contribution in [1.82, 2.24) is 0 Å². The smallest absolute Gasteiger partial charge is 0.287 e. The lowest BCUT2D eigenvalue weighted by Crippen LogP contribution is -2.07. The summed E-state index contributed by atoms with van der Waals surface area (Å²) in [5.41, 5.74) is -0.257. The van der Waals surface area contributed by atoms with Crippen molar-refractivity contribution in [2.45, 2.75) is 24.8 Å². The van der Waals surface area contributed by atoms with Crippen molar-refractivity contribution in [2.75, 3.05) is 6.26 Å². The third-order valence-corrected chi connectivity index (χ3v) is 3.12. The van der Waals surface area contributed by atoms with Crippen molar-refractivity contribution in [3.05, 3.63) is 27.3 Å². The highest BCUT2D eigenvalue weighted by Gasteiger charge is 2.21. The first-order valence-electron chi connectivity index (χ1n) is 4.81. The predicted octanol–water partition coefficient (Wildman–Crippen LogP) is 2.77. The minimum absolute atomic E-state index is 0.107. The van der Waals surface area contributed by atoms with Gasteiger partial charge in [-0.05, 0) is 13.8 Å². The topological polar surface area (TPSA) is 69.4 Å². The Hall–Kier alpha value is -1.14. The minimum Gasteiger partial charge on any atom is -0.489 e. The third kappa shape index (κ3) is 3.41. The summed E-state index contributed by atoms with van der Waals surface area (Å²) in [6, 6.07) is 2.52. The number of nitro groups is 1. The molecule has 1 atom stereocenters. The first-order valence-corrected chi connectivity index (χ1v) is 6.74. The van der Waals surface area contributed by atoms with Crippen LogP contribution in [0.25, 0.3) is 0 Å². The van der Waals surface area contributed by atoms with Crippen LogP contribution in [0.4, 0.5) is 5.69 Å². The van der Waals surface area contributed by atoms with Crippen LogP contribution < -0.4 is 4.74 Å². The van der Waals surface area contributed by atoms with Crippen LogP contribution in [-0.4, -0.2) is 21.5 Å². The summed E-state index contributed by atoms with van der Waals surface area (Å²) in [6.07, 6.45) is 1.25. The minimum atomic E-state index is -1.47. The van der Waals surface area contributed by atoms with Gasteiger partial charge in [-0.1, -0.05) is 11.6 Å². The predicted molar refractivity (Wildman–Crippen MR) is 66.2 cm³/mol. The van der Waals surface area contributed by atoms with E-state index in [0.717, 1.165) is 6.07 Å². The molecule has 1 rings (SSSR count). The zero-order valence-electron chi connectivity index (χ0n) is 9.60. The molecule has 1 unspecified atom stereocenters. The van der Waals surface area contributed by atoms with Crippen LogP contribution in [0.5, 0.6) is 5.75 Å². The van der Waals surface area contributed by atoms with Crippen LogP contribution in [0.15, 0.2) is 17.0 Å². The lowest BCUT2D eigenvalue weighted by Gasteiger charge is -2.12. The van der Waals surface area contributed by atoms with Crippen molar-refractivity contribution < 1.29 is 13.9 Å². The molecule has 0 saturated carbocycles. The van der Waals surface area contributed by atoms with Gasteiger partial charge in [0.15, 0.2) is 0 Å². The van der Waals surface area contributed by atoms with Gasteiger partial charge in [0, 0.05) is 18.4 Å². The van der Waals surface area contributed by atoms with Crippen LogP contribution in [0.2, 0.25) is 5.02 Å². The maximum atomic E-state index is 11.4. The van der Waals surface area contributed by atoms with Crippen molar-refractivity contribution in [2.24, 2.45) is 0 Å². The summed E-state index contributed by atoms with van der Waals surface area (Å²) in [5, 5.41) is 10.9. The van der Waals surface area contributed by atoms with Crippen LogP contribution in [0, 0.1) is 10.1 Å². The van der Waals surface area contributed by atoms with Crippen LogP contribution in [0.1, 0.15) is 13.8 Å². The molecule has 0 fully saturated rings. The van der Waals surface area contributed by atoms with Gasteiger partial charge in [-0.2, -0.15) is 0 Å². The van der Waals surface area contributed by atoms with Gasteiger partial charge >= 0.3 is 0 Å². The fourth-order valence-electron chi connectivity index (χ4n) is 1.24. The van der Waals surface area contributed by atoms with Gasteiger partial charge < -0.3 is 4.74 Å². The number of hydrogen-bond donors (Lipinski definition) is 0. The average molecular weight is 278 g/mol. The number of nitrogens with zero attached hydrogens (tertiary/aromatic N) is 1. The van der Waals surface area contributed by atoms with E-state index in [1.165, 1.54) is 12.3 Å². The molecule has 5 nitrogen and oxygen atoms in total. The summed E-state index contributed by atoms with van der Waals surface area (Å²) in [5.74, 6) is 0.303. The Balaban J connectivity index is 3.34. The quantitative estimate of drug-likeness (QED) is 0.627. The van der Waals surface area contributed by atoms with E-state index in [-0.39, 0.29) is 21.7 Å². The molecule has 1 aromatic carbocycles. The number of benzene rings is 1. The van der Waals surface area contributed by atoms with Crippen LogP contribution in [-0.2, 0) is 10.8 Å². The van der Waals surface area contributed by atoms with Gasteiger partial charge in [-0.3, -0.25) is 14.3 Å². The van der Waals surface area contributed by atoms with E-state index >= 15 is 0 Å². The number of hydrogen-bond acceptors (Lipinski definition) is 4. The molecule has 0 aliphatic heterocycles. The first kappa shape index (κ1) is 13.9. The Morgan fingerprint density at radius 2 is 2.06 bits per heavy atom. The second-order valence-corrected chi connectivity index (χ2v) is 5.38. The van der Waals surface area contributed by atoms with E-state index < -0.39 is 15.7 Å². The lowest BCUT2D eigenvalue weighted by molar-refractivity contribution is -0.387. The zero-order chi connectivity index (χ0) is 13.2. The van der Waals surface area contributed by atoms with Gasteiger partial charge in [0.2, 0.25) is 0 Å². The molecule has 94 valence electrons. The highest BCUT2D eigenvalue weighted by Crippen LogP contribution is 2.34. The highest BCUT2D eigenvalue weighted by molar-refractivity contribution is 7.84. The SMILES string of the molecule is CC(C)Oc1cc(S(C)=O)c([N+](=O)[O-])cc1Cl. The highest BCUT2D eigenvalue weighted by atomic mass is 35.5. The summed E-state index contributed by atoms with van der Waals surface area (Å²) < 4.78 is 16.8. The Kier molecular flexibility index (Phi) is 4.47. The number of rotatable bonds is 4. The normalized spacial score (nSPS) is 12.5. The monoisotopic (exact) mass is 277 g/mol. The van der Waals surface area contributed by atoms with Crippen molar-refractivity contribution in [1.29, 1.82) is 0 Å². The summed E-state index contributed by atoms with van der Waals surface area (Å²) in [4.78, 5) is 10.3. The molecule has 0 aliphatic rings. The molecule has 17 heavy (non-hydrogen) atoms. The lowest BCUT2D eigenvalue weighted by atomic mass is 10.3. The van der Waals surface area contributed by atoms with E-state index in [1.54, 1.807) is 13.8 Å². The van der Waals surface area contributed by atoms with Gasteiger partial charge in [0.25, 0.3) is 5.69 Å². The Morgan fingerprint density at radius 1 is 1.47 bits per heavy atom. The third-order valence-electron chi connectivity index (χ3n) is 1.88. The molecular weight excluding hydrogens is 266 g/mol. The molecular formula is C10H12ClNO4S. The first-order chi connectivity index (χ1) is 7.82. The van der Waals surface area contributed by atoms with Gasteiger partial charge in [0.05, 0.1) is 26.8 Å². The van der Waals surface area contributed by atoms with Crippen LogP contribution >= 0.6 is 11.6 Å². The van der Waals surface area contributed by atoms with Crippen LogP contribution in [0.3, 0.4) is 0 Å². The van der Waals surface area contributed by atoms with Gasteiger partial charge in [-0.25, -0.2) is 0 Å². The van der Waals surface area contributed by atoms with Crippen molar-refractivity contribution in [3.8, 4) is 5.75 Å². The molecule has 7 heteroatoms. The molecule has 0 radical (unpaired) electrons. The molecule has 1 aromatic rings. The van der Waals surface area contributed by atoms with E-state index in [2.05, 4.69) is 0 Å². The Bertz CT molecular complexity index is 476. The summed E-state index contributed by atoms with van der Waals surface area (Å²) >= 11 is 5.87. The molecule has 0 N–H and O–H groups in total. The second kappa shape index (κ2) is 5.46. The summed E-state index contributed by atoms with van der Waals surface area (Å²) in [6.45, 7) is 3.61. The maximum absolute atomic E-state index is 11.4. The van der Waals surface area contributed by atoms with E-state index in [0.29, 0.717) is 5.75 Å². The van der Waals surface area contributed by atoms with Crippen molar-refractivity contribution in [3.63, 3.8) is 0 Å². The zero-order valence-corrected chi connectivity index (χ0v) is 11.2. The maximum Gasteiger partial charge on any atom is 0.287 e. The molecule has 0 spiro atoms. The van der Waals surface area contributed by atoms with Gasteiger partial charge in [-0.15, -0.1) is 0 Å². The Morgan fingerprint density at radius 3 is 2.47 bits per heavy atom. The molecule has 0 heterocycles. The molecule has 0 aromatic heterocycles. The number of halogens is 1. The Labute approximate surface area is 106 Å². The molecule has 0 amide bonds. The van der Waals surface area contributed by atoms with Gasteiger partial charge in [0.1, 0.15) is 10.6 Å². The standard InChI is InChI=1S/C10H12ClNO4S/c1-6(2)16-9-5-10(17(3)15)8(12(13)14)4-7(9)11/h4-6H,1-3H3.